The minimum atomic E-state index is -4.38. The molecule has 3 N–H and O–H groups in total. The van der Waals surface area contributed by atoms with E-state index in [1.54, 1.807) is 20.9 Å². The van der Waals surface area contributed by atoms with Crippen molar-refractivity contribution in [1.29, 1.82) is 0 Å². The van der Waals surface area contributed by atoms with Gasteiger partial charge in [-0.15, -0.1) is 0 Å². The Morgan fingerprint density at radius 3 is 2.40 bits per heavy atom. The average Bonchev–Trinajstić information content (AvgIpc) is 2.57. The number of benzene rings is 1. The van der Waals surface area contributed by atoms with E-state index in [9.17, 15) is 13.2 Å². The molecule has 2 aromatic rings. The highest BCUT2D eigenvalue weighted by molar-refractivity contribution is 5.72. The lowest BCUT2D eigenvalue weighted by atomic mass is 10.1. The van der Waals surface area contributed by atoms with Crippen molar-refractivity contribution >= 4 is 17.2 Å². The molecule has 0 aliphatic rings. The van der Waals surface area contributed by atoms with Crippen LogP contribution in [0.25, 0.3) is 0 Å². The third kappa shape index (κ3) is 2.56. The first kappa shape index (κ1) is 14.2. The highest BCUT2D eigenvalue weighted by atomic mass is 19.4. The van der Waals surface area contributed by atoms with E-state index in [4.69, 9.17) is 5.73 Å². The molecule has 4 nitrogen and oxygen atoms in total. The van der Waals surface area contributed by atoms with E-state index in [0.29, 0.717) is 28.5 Å². The molecule has 7 heteroatoms. The number of anilines is 3. The summed E-state index contributed by atoms with van der Waals surface area (Å²) in [5.41, 5.74) is 7.24. The number of nitrogen functional groups attached to an aromatic ring is 1. The molecular formula is C13H15F3N4. The number of halogens is 3. The number of aromatic nitrogens is 2. The molecule has 0 spiro atoms. The van der Waals surface area contributed by atoms with E-state index in [2.05, 4.69) is 10.4 Å². The van der Waals surface area contributed by atoms with Gasteiger partial charge in [-0.3, -0.25) is 4.68 Å². The Balaban J connectivity index is 2.43. The summed E-state index contributed by atoms with van der Waals surface area (Å²) < 4.78 is 39.7. The molecule has 0 unspecified atom stereocenters. The molecule has 1 aromatic heterocycles. The zero-order valence-electron chi connectivity index (χ0n) is 11.3. The van der Waals surface area contributed by atoms with Crippen LogP contribution in [0.3, 0.4) is 0 Å². The number of nitrogens with zero attached hydrogens (tertiary/aromatic N) is 2. The SMILES string of the molecule is Cc1ccc(C(F)(F)F)cc1Nc1c(N)c(C)nn1C. The van der Waals surface area contributed by atoms with Gasteiger partial charge < -0.3 is 11.1 Å². The molecule has 0 radical (unpaired) electrons. The van der Waals surface area contributed by atoms with Gasteiger partial charge in [0.25, 0.3) is 0 Å². The van der Waals surface area contributed by atoms with Crippen LogP contribution in [0.15, 0.2) is 18.2 Å². The van der Waals surface area contributed by atoms with Gasteiger partial charge in [0.2, 0.25) is 0 Å². The van der Waals surface area contributed by atoms with Crippen LogP contribution in [0.5, 0.6) is 0 Å². The van der Waals surface area contributed by atoms with Crippen molar-refractivity contribution in [3.8, 4) is 0 Å². The highest BCUT2D eigenvalue weighted by Gasteiger charge is 2.30. The number of hydrogen-bond donors (Lipinski definition) is 2. The zero-order chi connectivity index (χ0) is 15.1. The molecule has 0 saturated heterocycles. The predicted molar refractivity (Wildman–Crippen MR) is 71.8 cm³/mol. The van der Waals surface area contributed by atoms with Crippen molar-refractivity contribution in [3.63, 3.8) is 0 Å². The first-order chi connectivity index (χ1) is 9.20. The molecule has 108 valence electrons. The lowest BCUT2D eigenvalue weighted by molar-refractivity contribution is -0.137. The molecule has 20 heavy (non-hydrogen) atoms. The number of nitrogens with two attached hydrogens (primary N) is 1. The smallest absolute Gasteiger partial charge is 0.394 e. The van der Waals surface area contributed by atoms with Crippen LogP contribution in [0.4, 0.5) is 30.4 Å². The number of alkyl halides is 3. The first-order valence-corrected chi connectivity index (χ1v) is 5.94. The third-order valence-corrected chi connectivity index (χ3v) is 3.09. The lowest BCUT2D eigenvalue weighted by Crippen LogP contribution is -2.07. The van der Waals surface area contributed by atoms with E-state index < -0.39 is 11.7 Å². The molecule has 0 fully saturated rings. The second kappa shape index (κ2) is 4.73. The van der Waals surface area contributed by atoms with E-state index in [1.165, 1.54) is 10.7 Å². The van der Waals surface area contributed by atoms with E-state index >= 15 is 0 Å². The van der Waals surface area contributed by atoms with Gasteiger partial charge in [-0.2, -0.15) is 18.3 Å². The summed E-state index contributed by atoms with van der Waals surface area (Å²) in [6.45, 7) is 3.46. The Hall–Kier alpha value is -2.18. The maximum atomic E-state index is 12.7. The van der Waals surface area contributed by atoms with Crippen molar-refractivity contribution < 1.29 is 13.2 Å². The Bertz CT molecular complexity index is 644. The molecule has 0 aliphatic carbocycles. The van der Waals surface area contributed by atoms with Gasteiger partial charge >= 0.3 is 6.18 Å². The molecule has 2 rings (SSSR count). The Morgan fingerprint density at radius 1 is 1.25 bits per heavy atom. The average molecular weight is 284 g/mol. The maximum absolute atomic E-state index is 12.7. The van der Waals surface area contributed by atoms with Gasteiger partial charge in [0, 0.05) is 12.7 Å². The van der Waals surface area contributed by atoms with E-state index in [-0.39, 0.29) is 0 Å². The summed E-state index contributed by atoms with van der Waals surface area (Å²) in [5.74, 6) is 0.477. The van der Waals surface area contributed by atoms with Gasteiger partial charge in [-0.25, -0.2) is 0 Å². The summed E-state index contributed by atoms with van der Waals surface area (Å²) in [4.78, 5) is 0. The van der Waals surface area contributed by atoms with Crippen LogP contribution >= 0.6 is 0 Å². The summed E-state index contributed by atoms with van der Waals surface area (Å²) >= 11 is 0. The van der Waals surface area contributed by atoms with Crippen LogP contribution in [-0.2, 0) is 13.2 Å². The quantitative estimate of drug-likeness (QED) is 0.888. The van der Waals surface area contributed by atoms with E-state index in [1.807, 2.05) is 0 Å². The fourth-order valence-electron chi connectivity index (χ4n) is 1.88. The van der Waals surface area contributed by atoms with Crippen molar-refractivity contribution in [3.05, 3.63) is 35.0 Å². The summed E-state index contributed by atoms with van der Waals surface area (Å²) in [6.07, 6.45) is -4.38. The lowest BCUT2D eigenvalue weighted by Gasteiger charge is -2.14. The van der Waals surface area contributed by atoms with Gasteiger partial charge in [-0.1, -0.05) is 6.07 Å². The van der Waals surface area contributed by atoms with Crippen LogP contribution in [0, 0.1) is 13.8 Å². The molecule has 1 aromatic carbocycles. The maximum Gasteiger partial charge on any atom is 0.416 e. The van der Waals surface area contributed by atoms with Crippen molar-refractivity contribution in [2.24, 2.45) is 7.05 Å². The largest absolute Gasteiger partial charge is 0.416 e. The van der Waals surface area contributed by atoms with Gasteiger partial charge in [0.1, 0.15) is 0 Å². The summed E-state index contributed by atoms with van der Waals surface area (Å²) in [6, 6.07) is 3.54. The Kier molecular flexibility index (Phi) is 3.37. The second-order valence-electron chi connectivity index (χ2n) is 4.62. The molecular weight excluding hydrogens is 269 g/mol. The number of hydrogen-bond acceptors (Lipinski definition) is 3. The van der Waals surface area contributed by atoms with Crippen LogP contribution in [0.1, 0.15) is 16.8 Å². The molecule has 0 amide bonds. The van der Waals surface area contributed by atoms with E-state index in [0.717, 1.165) is 12.1 Å². The molecule has 0 atom stereocenters. The molecule has 0 bridgehead atoms. The monoisotopic (exact) mass is 284 g/mol. The zero-order valence-corrected chi connectivity index (χ0v) is 11.3. The van der Waals surface area contributed by atoms with Crippen molar-refractivity contribution in [1.82, 2.24) is 9.78 Å². The normalized spacial score (nSPS) is 11.7. The minimum Gasteiger partial charge on any atom is -0.394 e. The first-order valence-electron chi connectivity index (χ1n) is 5.94. The summed E-state index contributed by atoms with van der Waals surface area (Å²) in [5, 5.41) is 7.03. The Labute approximate surface area is 114 Å². The predicted octanol–water partition coefficient (Wildman–Crippen LogP) is 3.38. The van der Waals surface area contributed by atoms with Crippen LogP contribution in [-0.4, -0.2) is 9.78 Å². The standard InChI is InChI=1S/C13H15F3N4/c1-7-4-5-9(13(14,15)16)6-10(7)18-12-11(17)8(2)19-20(12)3/h4-6,18H,17H2,1-3H3. The minimum absolute atomic E-state index is 0.356. The van der Waals surface area contributed by atoms with Crippen LogP contribution in [0.2, 0.25) is 0 Å². The van der Waals surface area contributed by atoms with Crippen molar-refractivity contribution in [2.75, 3.05) is 11.1 Å². The highest BCUT2D eigenvalue weighted by Crippen LogP contribution is 2.34. The topological polar surface area (TPSA) is 55.9 Å². The van der Waals surface area contributed by atoms with Gasteiger partial charge in [-0.05, 0) is 31.5 Å². The molecule has 0 saturated carbocycles. The molecule has 0 aliphatic heterocycles. The fraction of sp³-hybridized carbons (Fsp3) is 0.308. The molecule has 1 heterocycles. The van der Waals surface area contributed by atoms with Crippen molar-refractivity contribution in [2.45, 2.75) is 20.0 Å². The summed E-state index contributed by atoms with van der Waals surface area (Å²) in [7, 11) is 1.68. The third-order valence-electron chi connectivity index (χ3n) is 3.09. The second-order valence-corrected chi connectivity index (χ2v) is 4.62. The van der Waals surface area contributed by atoms with Gasteiger partial charge in [0.15, 0.2) is 5.82 Å². The number of rotatable bonds is 2. The Morgan fingerprint density at radius 2 is 1.90 bits per heavy atom. The number of nitrogens with one attached hydrogen (secondary N) is 1. The number of aryl methyl sites for hydroxylation is 3. The van der Waals surface area contributed by atoms with Gasteiger partial charge in [0.05, 0.1) is 16.9 Å². The fourth-order valence-corrected chi connectivity index (χ4v) is 1.88. The van der Waals surface area contributed by atoms with Crippen LogP contribution < -0.4 is 11.1 Å².